The largest absolute Gasteiger partial charge is 0.364 e. The van der Waals surface area contributed by atoms with Gasteiger partial charge in [0.1, 0.15) is 0 Å². The molecule has 4 heteroatoms. The van der Waals surface area contributed by atoms with Gasteiger partial charge in [-0.2, -0.15) is 0 Å². The van der Waals surface area contributed by atoms with Crippen molar-refractivity contribution in [2.24, 2.45) is 0 Å². The van der Waals surface area contributed by atoms with Crippen LogP contribution < -0.4 is 4.90 Å². The highest BCUT2D eigenvalue weighted by molar-refractivity contribution is 6.01. The van der Waals surface area contributed by atoms with Gasteiger partial charge in [-0.1, -0.05) is 18.2 Å². The van der Waals surface area contributed by atoms with Gasteiger partial charge in [0.25, 0.3) is 0 Å². The van der Waals surface area contributed by atoms with Crippen molar-refractivity contribution in [1.29, 1.82) is 0 Å². The van der Waals surface area contributed by atoms with Crippen molar-refractivity contribution in [3.05, 3.63) is 59.9 Å². The Balaban J connectivity index is 1.59. The fourth-order valence-corrected chi connectivity index (χ4v) is 3.15. The first kappa shape index (κ1) is 13.1. The van der Waals surface area contributed by atoms with Gasteiger partial charge in [-0.3, -0.25) is 4.79 Å². The molecule has 0 atom stereocenters. The van der Waals surface area contributed by atoms with E-state index in [1.165, 1.54) is 11.3 Å². The monoisotopic (exact) mass is 291 g/mol. The number of anilines is 1. The van der Waals surface area contributed by atoms with E-state index in [2.05, 4.69) is 33.1 Å². The first-order valence-corrected chi connectivity index (χ1v) is 7.60. The minimum absolute atomic E-state index is 0.146. The Hall–Kier alpha value is -2.62. The molecule has 3 aromatic rings. The molecule has 110 valence electrons. The van der Waals surface area contributed by atoms with E-state index in [1.807, 2.05) is 24.3 Å². The van der Waals surface area contributed by atoms with Crippen molar-refractivity contribution in [2.45, 2.75) is 12.8 Å². The lowest BCUT2D eigenvalue weighted by atomic mass is 10.0. The molecule has 0 spiro atoms. The predicted molar refractivity (Wildman–Crippen MR) is 87.4 cm³/mol. The summed E-state index contributed by atoms with van der Waals surface area (Å²) >= 11 is 0. The highest BCUT2D eigenvalue weighted by atomic mass is 16.1. The Morgan fingerprint density at radius 1 is 1.23 bits per heavy atom. The summed E-state index contributed by atoms with van der Waals surface area (Å²) in [5, 5.41) is 0. The van der Waals surface area contributed by atoms with Gasteiger partial charge in [-0.05, 0) is 42.7 Å². The number of H-pyrrole nitrogens is 1. The van der Waals surface area contributed by atoms with Crippen LogP contribution in [0.25, 0.3) is 11.0 Å². The smallest absolute Gasteiger partial charge is 0.182 e. The molecule has 2 aromatic carbocycles. The summed E-state index contributed by atoms with van der Waals surface area (Å²) in [7, 11) is 0. The van der Waals surface area contributed by atoms with Crippen LogP contribution in [0.1, 0.15) is 22.3 Å². The highest BCUT2D eigenvalue weighted by Crippen LogP contribution is 2.26. The third-order valence-corrected chi connectivity index (χ3v) is 4.28. The maximum Gasteiger partial charge on any atom is 0.182 e. The fraction of sp³-hybridized carbons (Fsp3) is 0.222. The molecule has 0 radical (unpaired) electrons. The molecule has 1 N–H and O–H groups in total. The van der Waals surface area contributed by atoms with Crippen LogP contribution in [0.2, 0.25) is 0 Å². The van der Waals surface area contributed by atoms with E-state index < -0.39 is 0 Å². The number of hydrogen-bond donors (Lipinski definition) is 1. The van der Waals surface area contributed by atoms with Gasteiger partial charge in [0.05, 0.1) is 23.9 Å². The van der Waals surface area contributed by atoms with Gasteiger partial charge >= 0.3 is 0 Å². The summed E-state index contributed by atoms with van der Waals surface area (Å²) in [6.07, 6.45) is 3.85. The van der Waals surface area contributed by atoms with Crippen LogP contribution in [0.15, 0.2) is 48.8 Å². The number of imidazole rings is 1. The average molecular weight is 291 g/mol. The van der Waals surface area contributed by atoms with E-state index in [0.717, 1.165) is 36.0 Å². The maximum absolute atomic E-state index is 12.6. The van der Waals surface area contributed by atoms with Gasteiger partial charge in [0.15, 0.2) is 5.78 Å². The lowest BCUT2D eigenvalue weighted by Gasteiger charge is -2.30. The van der Waals surface area contributed by atoms with Crippen molar-refractivity contribution >= 4 is 22.5 Å². The Morgan fingerprint density at radius 2 is 2.14 bits per heavy atom. The summed E-state index contributed by atoms with van der Waals surface area (Å²) in [5.74, 6) is 0.146. The number of benzene rings is 2. The number of para-hydroxylation sites is 1. The summed E-state index contributed by atoms with van der Waals surface area (Å²) in [5.41, 5.74) is 5.07. The molecule has 0 fully saturated rings. The second-order valence-electron chi connectivity index (χ2n) is 5.71. The maximum atomic E-state index is 12.6. The van der Waals surface area contributed by atoms with Crippen LogP contribution in [0.3, 0.4) is 0 Å². The molecule has 1 aliphatic heterocycles. The molecule has 0 saturated heterocycles. The Kier molecular flexibility index (Phi) is 3.15. The van der Waals surface area contributed by atoms with Crippen molar-refractivity contribution in [3.8, 4) is 0 Å². The normalized spacial score (nSPS) is 14.1. The van der Waals surface area contributed by atoms with Crippen molar-refractivity contribution in [3.63, 3.8) is 0 Å². The summed E-state index contributed by atoms with van der Waals surface area (Å²) in [4.78, 5) is 22.0. The molecule has 0 aliphatic carbocycles. The van der Waals surface area contributed by atoms with Crippen LogP contribution in [0.5, 0.6) is 0 Å². The quantitative estimate of drug-likeness (QED) is 0.754. The van der Waals surface area contributed by atoms with Crippen LogP contribution in [-0.2, 0) is 6.42 Å². The lowest BCUT2D eigenvalue weighted by Crippen LogP contribution is -2.34. The minimum atomic E-state index is 0.146. The van der Waals surface area contributed by atoms with Gasteiger partial charge < -0.3 is 9.88 Å². The number of aryl methyl sites for hydroxylation is 1. The average Bonchev–Trinajstić information content (AvgIpc) is 3.02. The minimum Gasteiger partial charge on any atom is -0.364 e. The summed E-state index contributed by atoms with van der Waals surface area (Å²) in [6.45, 7) is 1.37. The van der Waals surface area contributed by atoms with E-state index in [4.69, 9.17) is 0 Å². The molecule has 4 rings (SSSR count). The number of fused-ring (bicyclic) bond motifs is 2. The number of carbonyl (C=O) groups excluding carboxylic acids is 1. The summed E-state index contributed by atoms with van der Waals surface area (Å²) in [6, 6.07) is 14.0. The zero-order valence-electron chi connectivity index (χ0n) is 12.2. The third kappa shape index (κ3) is 2.26. The van der Waals surface area contributed by atoms with Crippen LogP contribution in [0, 0.1) is 0 Å². The van der Waals surface area contributed by atoms with E-state index in [1.54, 1.807) is 6.33 Å². The highest BCUT2D eigenvalue weighted by Gasteiger charge is 2.19. The zero-order chi connectivity index (χ0) is 14.9. The standard InChI is InChI=1S/C18H17N3O/c22-18(14-7-8-15-16(10-14)20-12-19-15)11-21-9-3-5-13-4-1-2-6-17(13)21/h1-2,4,6-8,10,12H,3,5,9,11H2,(H,19,20). The predicted octanol–water partition coefficient (Wildman–Crippen LogP) is 3.20. The number of nitrogens with one attached hydrogen (secondary N) is 1. The Labute approximate surface area is 128 Å². The number of rotatable bonds is 3. The van der Waals surface area contributed by atoms with Gasteiger partial charge in [0, 0.05) is 17.8 Å². The van der Waals surface area contributed by atoms with E-state index in [-0.39, 0.29) is 5.78 Å². The molecular formula is C18H17N3O. The molecule has 1 aromatic heterocycles. The summed E-state index contributed by atoms with van der Waals surface area (Å²) < 4.78 is 0. The molecule has 4 nitrogen and oxygen atoms in total. The number of hydrogen-bond acceptors (Lipinski definition) is 3. The van der Waals surface area contributed by atoms with Crippen molar-refractivity contribution in [1.82, 2.24) is 9.97 Å². The zero-order valence-corrected chi connectivity index (χ0v) is 12.2. The van der Waals surface area contributed by atoms with Gasteiger partial charge in [-0.25, -0.2) is 4.98 Å². The van der Waals surface area contributed by atoms with Crippen molar-refractivity contribution in [2.75, 3.05) is 18.0 Å². The van der Waals surface area contributed by atoms with Crippen LogP contribution >= 0.6 is 0 Å². The van der Waals surface area contributed by atoms with Crippen LogP contribution in [-0.4, -0.2) is 28.8 Å². The SMILES string of the molecule is O=C(CN1CCCc2ccccc21)c1ccc2nc[nH]c2c1. The lowest BCUT2D eigenvalue weighted by molar-refractivity contribution is 0.0998. The number of aromatic amines is 1. The number of nitrogens with zero attached hydrogens (tertiary/aromatic N) is 2. The Bertz CT molecular complexity index is 837. The number of ketones is 1. The molecule has 0 unspecified atom stereocenters. The number of carbonyl (C=O) groups is 1. The first-order valence-electron chi connectivity index (χ1n) is 7.60. The van der Waals surface area contributed by atoms with Crippen LogP contribution in [0.4, 0.5) is 5.69 Å². The molecule has 0 bridgehead atoms. The Morgan fingerprint density at radius 3 is 3.09 bits per heavy atom. The molecule has 0 saturated carbocycles. The van der Waals surface area contributed by atoms with Gasteiger partial charge in [-0.15, -0.1) is 0 Å². The molecular weight excluding hydrogens is 274 g/mol. The molecule has 22 heavy (non-hydrogen) atoms. The van der Waals surface area contributed by atoms with E-state index in [9.17, 15) is 4.79 Å². The van der Waals surface area contributed by atoms with Crippen molar-refractivity contribution < 1.29 is 4.79 Å². The number of Topliss-reactive ketones (excluding diaryl/α,β-unsaturated/α-hetero) is 1. The molecule has 2 heterocycles. The second kappa shape index (κ2) is 5.30. The second-order valence-corrected chi connectivity index (χ2v) is 5.71. The first-order chi connectivity index (χ1) is 10.8. The topological polar surface area (TPSA) is 49.0 Å². The number of aromatic nitrogens is 2. The molecule has 1 aliphatic rings. The van der Waals surface area contributed by atoms with E-state index >= 15 is 0 Å². The van der Waals surface area contributed by atoms with Gasteiger partial charge in [0.2, 0.25) is 0 Å². The third-order valence-electron chi connectivity index (χ3n) is 4.28. The fourth-order valence-electron chi connectivity index (χ4n) is 3.15. The molecule has 0 amide bonds. The van der Waals surface area contributed by atoms with E-state index in [0.29, 0.717) is 6.54 Å².